The highest BCUT2D eigenvalue weighted by Gasteiger charge is 2.36. The van der Waals surface area contributed by atoms with Crippen LogP contribution in [0, 0.1) is 6.92 Å². The molecular weight excluding hydrogens is 402 g/mol. The molecule has 4 nitrogen and oxygen atoms in total. The highest BCUT2D eigenvalue weighted by molar-refractivity contribution is 8.18. The Kier molecular flexibility index (Phi) is 5.98. The van der Waals surface area contributed by atoms with Gasteiger partial charge in [0, 0.05) is 17.8 Å². The first kappa shape index (κ1) is 21.7. The summed E-state index contributed by atoms with van der Waals surface area (Å²) in [4.78, 5) is 20.4. The first-order chi connectivity index (χ1) is 14.8. The molecule has 4 rings (SSSR count). The van der Waals surface area contributed by atoms with Crippen molar-refractivity contribution in [2.24, 2.45) is 4.99 Å². The van der Waals surface area contributed by atoms with E-state index in [1.165, 1.54) is 28.6 Å². The maximum absolute atomic E-state index is 12.6. The van der Waals surface area contributed by atoms with E-state index in [0.29, 0.717) is 16.0 Å². The number of fused-ring (bicyclic) bond motifs is 1. The SMILES string of the molecule is CCCN1c2cc(C)c(/C=C3/SC(=Nc4ccccc4)NC3=O)cc2C(C)CC1(C)C. The van der Waals surface area contributed by atoms with E-state index in [-0.39, 0.29) is 11.4 Å². The molecule has 2 aliphatic heterocycles. The third kappa shape index (κ3) is 4.42. The first-order valence-corrected chi connectivity index (χ1v) is 11.9. The number of para-hydroxylation sites is 1. The van der Waals surface area contributed by atoms with Gasteiger partial charge >= 0.3 is 0 Å². The lowest BCUT2D eigenvalue weighted by Gasteiger charge is -2.48. The van der Waals surface area contributed by atoms with Crippen LogP contribution in [0.3, 0.4) is 0 Å². The predicted molar refractivity (Wildman–Crippen MR) is 133 cm³/mol. The van der Waals surface area contributed by atoms with Crippen molar-refractivity contribution in [3.8, 4) is 0 Å². The van der Waals surface area contributed by atoms with Crippen LogP contribution in [0.1, 0.15) is 63.1 Å². The van der Waals surface area contributed by atoms with Crippen LogP contribution in [-0.4, -0.2) is 23.2 Å². The summed E-state index contributed by atoms with van der Waals surface area (Å²) >= 11 is 1.40. The van der Waals surface area contributed by atoms with Crippen LogP contribution in [0.4, 0.5) is 11.4 Å². The number of amides is 1. The van der Waals surface area contributed by atoms with Gasteiger partial charge in [0.25, 0.3) is 5.91 Å². The van der Waals surface area contributed by atoms with Gasteiger partial charge in [-0.05, 0) is 98.3 Å². The second-order valence-corrected chi connectivity index (χ2v) is 10.2. The van der Waals surface area contributed by atoms with E-state index in [9.17, 15) is 4.79 Å². The zero-order valence-electron chi connectivity index (χ0n) is 19.0. The van der Waals surface area contributed by atoms with Crippen molar-refractivity contribution in [1.29, 1.82) is 0 Å². The van der Waals surface area contributed by atoms with Crippen LogP contribution in [0.5, 0.6) is 0 Å². The minimum Gasteiger partial charge on any atom is -0.366 e. The Bertz CT molecular complexity index is 1060. The van der Waals surface area contributed by atoms with Gasteiger partial charge in [0.05, 0.1) is 10.6 Å². The summed E-state index contributed by atoms with van der Waals surface area (Å²) < 4.78 is 0. The van der Waals surface area contributed by atoms with Crippen LogP contribution in [0.15, 0.2) is 52.4 Å². The smallest absolute Gasteiger partial charge is 0.264 e. The Hall–Kier alpha value is -2.53. The fourth-order valence-electron chi connectivity index (χ4n) is 4.69. The molecule has 1 N–H and O–H groups in total. The van der Waals surface area contributed by atoms with Crippen LogP contribution in [0.2, 0.25) is 0 Å². The van der Waals surface area contributed by atoms with Gasteiger partial charge in [0.2, 0.25) is 0 Å². The fraction of sp³-hybridized carbons (Fsp3) is 0.385. The molecule has 1 atom stereocenters. The average Bonchev–Trinajstić information content (AvgIpc) is 3.05. The third-order valence-corrected chi connectivity index (χ3v) is 7.05. The number of nitrogens with zero attached hydrogens (tertiary/aromatic N) is 2. The molecule has 0 bridgehead atoms. The lowest BCUT2D eigenvalue weighted by molar-refractivity contribution is -0.115. The van der Waals surface area contributed by atoms with Gasteiger partial charge in [-0.2, -0.15) is 0 Å². The maximum Gasteiger partial charge on any atom is 0.264 e. The van der Waals surface area contributed by atoms with Crippen LogP contribution in [-0.2, 0) is 4.79 Å². The van der Waals surface area contributed by atoms with E-state index in [2.05, 4.69) is 62.0 Å². The van der Waals surface area contributed by atoms with Crippen molar-refractivity contribution < 1.29 is 4.79 Å². The van der Waals surface area contributed by atoms with Crippen molar-refractivity contribution in [3.05, 3.63) is 64.1 Å². The van der Waals surface area contributed by atoms with Crippen molar-refractivity contribution in [2.45, 2.75) is 58.9 Å². The van der Waals surface area contributed by atoms with E-state index in [1.807, 2.05) is 36.4 Å². The fourth-order valence-corrected chi connectivity index (χ4v) is 5.53. The molecule has 0 radical (unpaired) electrons. The monoisotopic (exact) mass is 433 g/mol. The van der Waals surface area contributed by atoms with Gasteiger partial charge in [-0.15, -0.1) is 0 Å². The number of aryl methyl sites for hydroxylation is 1. The molecule has 2 aliphatic rings. The second-order valence-electron chi connectivity index (χ2n) is 9.15. The molecule has 0 spiro atoms. The average molecular weight is 434 g/mol. The molecule has 1 unspecified atom stereocenters. The molecule has 2 aromatic carbocycles. The third-order valence-electron chi connectivity index (χ3n) is 6.15. The van der Waals surface area contributed by atoms with Gasteiger partial charge < -0.3 is 10.2 Å². The molecule has 1 fully saturated rings. The molecule has 0 saturated carbocycles. The normalized spacial score (nSPS) is 22.7. The topological polar surface area (TPSA) is 44.7 Å². The van der Waals surface area contributed by atoms with Crippen molar-refractivity contribution in [3.63, 3.8) is 0 Å². The van der Waals surface area contributed by atoms with E-state index < -0.39 is 0 Å². The molecule has 5 heteroatoms. The zero-order chi connectivity index (χ0) is 22.2. The minimum atomic E-state index is -0.0846. The van der Waals surface area contributed by atoms with E-state index in [1.54, 1.807) is 0 Å². The van der Waals surface area contributed by atoms with E-state index in [0.717, 1.165) is 30.6 Å². The molecule has 2 heterocycles. The summed E-state index contributed by atoms with van der Waals surface area (Å²) in [7, 11) is 0. The summed E-state index contributed by atoms with van der Waals surface area (Å²) in [6.07, 6.45) is 4.27. The first-order valence-electron chi connectivity index (χ1n) is 11.1. The van der Waals surface area contributed by atoms with Crippen LogP contribution < -0.4 is 10.2 Å². The lowest BCUT2D eigenvalue weighted by Crippen LogP contribution is -2.48. The van der Waals surface area contributed by atoms with E-state index in [4.69, 9.17) is 0 Å². The van der Waals surface area contributed by atoms with E-state index >= 15 is 0 Å². The lowest BCUT2D eigenvalue weighted by atomic mass is 9.79. The molecule has 1 saturated heterocycles. The molecule has 162 valence electrons. The summed E-state index contributed by atoms with van der Waals surface area (Å²) in [5.74, 6) is 0.398. The van der Waals surface area contributed by atoms with Gasteiger partial charge in [-0.25, -0.2) is 4.99 Å². The van der Waals surface area contributed by atoms with Gasteiger partial charge in [-0.3, -0.25) is 4.79 Å². The number of thioether (sulfide) groups is 1. The number of carbonyl (C=O) groups is 1. The van der Waals surface area contributed by atoms with Crippen LogP contribution >= 0.6 is 11.8 Å². The Balaban J connectivity index is 1.67. The van der Waals surface area contributed by atoms with Gasteiger partial charge in [-0.1, -0.05) is 32.0 Å². The number of anilines is 1. The number of aliphatic imine (C=N–C) groups is 1. The van der Waals surface area contributed by atoms with Crippen molar-refractivity contribution in [2.75, 3.05) is 11.4 Å². The van der Waals surface area contributed by atoms with Gasteiger partial charge in [0.15, 0.2) is 5.17 Å². The Morgan fingerprint density at radius 2 is 2.00 bits per heavy atom. The number of nitrogens with one attached hydrogen (secondary N) is 1. The highest BCUT2D eigenvalue weighted by atomic mass is 32.2. The largest absolute Gasteiger partial charge is 0.366 e. The Morgan fingerprint density at radius 1 is 1.26 bits per heavy atom. The highest BCUT2D eigenvalue weighted by Crippen LogP contribution is 2.45. The summed E-state index contributed by atoms with van der Waals surface area (Å²) in [5, 5.41) is 3.52. The van der Waals surface area contributed by atoms with Crippen LogP contribution in [0.25, 0.3) is 6.08 Å². The number of hydrogen-bond donors (Lipinski definition) is 1. The maximum atomic E-state index is 12.6. The second kappa shape index (κ2) is 8.54. The summed E-state index contributed by atoms with van der Waals surface area (Å²) in [5.41, 5.74) is 6.02. The molecular formula is C26H31N3OS. The molecule has 1 amide bonds. The quantitative estimate of drug-likeness (QED) is 0.568. The number of amidine groups is 1. The summed E-state index contributed by atoms with van der Waals surface area (Å²) in [6, 6.07) is 14.3. The Labute approximate surface area is 189 Å². The van der Waals surface area contributed by atoms with Crippen molar-refractivity contribution >= 4 is 40.3 Å². The number of benzene rings is 2. The zero-order valence-corrected chi connectivity index (χ0v) is 19.8. The molecule has 0 aromatic heterocycles. The summed E-state index contributed by atoms with van der Waals surface area (Å²) in [6.45, 7) is 12.5. The Morgan fingerprint density at radius 3 is 2.71 bits per heavy atom. The molecule has 0 aliphatic carbocycles. The molecule has 2 aromatic rings. The number of carbonyl (C=O) groups excluding carboxylic acids is 1. The number of hydrogen-bond acceptors (Lipinski definition) is 4. The molecule has 31 heavy (non-hydrogen) atoms. The minimum absolute atomic E-state index is 0.0846. The number of rotatable bonds is 4. The standard InChI is InChI=1S/C26H31N3OS/c1-6-12-29-22-13-17(2)19(14-21(22)18(3)16-26(29,4)5)15-23-24(30)28-25(31-23)27-20-10-8-7-9-11-20/h7-11,13-15,18H,6,12,16H2,1-5H3,(H,27,28,30)/b23-15+. The predicted octanol–water partition coefficient (Wildman–Crippen LogP) is 6.39. The van der Waals surface area contributed by atoms with Gasteiger partial charge in [0.1, 0.15) is 0 Å². The van der Waals surface area contributed by atoms with Crippen molar-refractivity contribution in [1.82, 2.24) is 5.32 Å².